The summed E-state index contributed by atoms with van der Waals surface area (Å²) in [6.45, 7) is 0. The standard InChI is InChI=1S/C8H8N4O/c1-12-5-6(4-10-12)7-2-3-9-11-8(7)13/h2-5H,1H3,(H,11,13). The van der Waals surface area contributed by atoms with Gasteiger partial charge in [0.1, 0.15) is 0 Å². The molecule has 0 radical (unpaired) electrons. The second-order valence-corrected chi connectivity index (χ2v) is 2.70. The zero-order chi connectivity index (χ0) is 9.26. The molecular weight excluding hydrogens is 168 g/mol. The average molecular weight is 176 g/mol. The van der Waals surface area contributed by atoms with E-state index < -0.39 is 0 Å². The van der Waals surface area contributed by atoms with Crippen LogP contribution in [0.3, 0.4) is 0 Å². The van der Waals surface area contributed by atoms with Crippen LogP contribution in [0.25, 0.3) is 11.1 Å². The molecule has 0 unspecified atom stereocenters. The van der Waals surface area contributed by atoms with Crippen LogP contribution in [-0.2, 0) is 7.05 Å². The van der Waals surface area contributed by atoms with Gasteiger partial charge in [0.05, 0.1) is 11.8 Å². The van der Waals surface area contributed by atoms with E-state index in [0.29, 0.717) is 5.56 Å². The van der Waals surface area contributed by atoms with Gasteiger partial charge in [0.15, 0.2) is 0 Å². The van der Waals surface area contributed by atoms with Gasteiger partial charge in [0.25, 0.3) is 5.56 Å². The van der Waals surface area contributed by atoms with E-state index in [0.717, 1.165) is 5.56 Å². The molecule has 2 aromatic heterocycles. The number of nitrogens with zero attached hydrogens (tertiary/aromatic N) is 3. The molecule has 0 bridgehead atoms. The van der Waals surface area contributed by atoms with Crippen molar-refractivity contribution >= 4 is 0 Å². The Labute approximate surface area is 74.0 Å². The minimum atomic E-state index is -0.199. The summed E-state index contributed by atoms with van der Waals surface area (Å²) in [5, 5.41) is 9.96. The number of aromatic amines is 1. The van der Waals surface area contributed by atoms with Crippen LogP contribution in [0.4, 0.5) is 0 Å². The van der Waals surface area contributed by atoms with Crippen LogP contribution in [0.5, 0.6) is 0 Å². The Balaban J connectivity index is 2.59. The number of hydrogen-bond donors (Lipinski definition) is 1. The van der Waals surface area contributed by atoms with E-state index in [1.165, 1.54) is 0 Å². The van der Waals surface area contributed by atoms with Gasteiger partial charge in [0, 0.05) is 25.0 Å². The van der Waals surface area contributed by atoms with E-state index in [1.807, 2.05) is 0 Å². The maximum absolute atomic E-state index is 11.3. The van der Waals surface area contributed by atoms with Crippen LogP contribution < -0.4 is 5.56 Å². The molecule has 66 valence electrons. The molecule has 0 aromatic carbocycles. The molecular formula is C8H8N4O. The average Bonchev–Trinajstić information content (AvgIpc) is 2.53. The van der Waals surface area contributed by atoms with Crippen molar-refractivity contribution in [3.05, 3.63) is 35.0 Å². The van der Waals surface area contributed by atoms with Gasteiger partial charge in [0.2, 0.25) is 0 Å². The maximum Gasteiger partial charge on any atom is 0.272 e. The first kappa shape index (κ1) is 7.72. The maximum atomic E-state index is 11.3. The Kier molecular flexibility index (Phi) is 1.70. The molecule has 0 spiro atoms. The minimum absolute atomic E-state index is 0.199. The van der Waals surface area contributed by atoms with Crippen molar-refractivity contribution in [1.29, 1.82) is 0 Å². The lowest BCUT2D eigenvalue weighted by Gasteiger charge is -1.92. The summed E-state index contributed by atoms with van der Waals surface area (Å²) < 4.78 is 1.65. The number of aromatic nitrogens is 4. The first-order valence-corrected chi connectivity index (χ1v) is 3.80. The van der Waals surface area contributed by atoms with Crippen LogP contribution in [0.2, 0.25) is 0 Å². The summed E-state index contributed by atoms with van der Waals surface area (Å²) in [4.78, 5) is 11.3. The van der Waals surface area contributed by atoms with Crippen molar-refractivity contribution in [2.24, 2.45) is 7.05 Å². The lowest BCUT2D eigenvalue weighted by Crippen LogP contribution is -2.08. The van der Waals surface area contributed by atoms with Crippen LogP contribution in [0, 0.1) is 0 Å². The number of aryl methyl sites for hydroxylation is 1. The first-order valence-electron chi connectivity index (χ1n) is 3.80. The molecule has 1 N–H and O–H groups in total. The predicted octanol–water partition coefficient (Wildman–Crippen LogP) is 0.170. The molecule has 0 saturated heterocycles. The van der Waals surface area contributed by atoms with Crippen molar-refractivity contribution in [2.45, 2.75) is 0 Å². The van der Waals surface area contributed by atoms with E-state index in [4.69, 9.17) is 0 Å². The Morgan fingerprint density at radius 1 is 1.54 bits per heavy atom. The summed E-state index contributed by atoms with van der Waals surface area (Å²) in [5.74, 6) is 0. The van der Waals surface area contributed by atoms with Crippen LogP contribution >= 0.6 is 0 Å². The highest BCUT2D eigenvalue weighted by molar-refractivity contribution is 5.59. The molecule has 0 saturated carbocycles. The quantitative estimate of drug-likeness (QED) is 0.673. The molecule has 5 nitrogen and oxygen atoms in total. The Morgan fingerprint density at radius 2 is 2.38 bits per heavy atom. The zero-order valence-corrected chi connectivity index (χ0v) is 7.06. The van der Waals surface area contributed by atoms with Crippen LogP contribution in [0.15, 0.2) is 29.5 Å². The van der Waals surface area contributed by atoms with Gasteiger partial charge in [-0.2, -0.15) is 10.2 Å². The monoisotopic (exact) mass is 176 g/mol. The van der Waals surface area contributed by atoms with Crippen LogP contribution in [-0.4, -0.2) is 20.0 Å². The topological polar surface area (TPSA) is 63.6 Å². The summed E-state index contributed by atoms with van der Waals surface area (Å²) in [6.07, 6.45) is 4.97. The van der Waals surface area contributed by atoms with E-state index in [9.17, 15) is 4.79 Å². The van der Waals surface area contributed by atoms with E-state index in [1.54, 1.807) is 36.4 Å². The fourth-order valence-corrected chi connectivity index (χ4v) is 1.13. The second-order valence-electron chi connectivity index (χ2n) is 2.70. The number of nitrogens with one attached hydrogen (secondary N) is 1. The molecule has 2 rings (SSSR count). The lowest BCUT2D eigenvalue weighted by atomic mass is 10.2. The Hall–Kier alpha value is -1.91. The van der Waals surface area contributed by atoms with Crippen molar-refractivity contribution in [3.63, 3.8) is 0 Å². The van der Waals surface area contributed by atoms with Gasteiger partial charge in [-0.05, 0) is 6.07 Å². The molecule has 5 heteroatoms. The van der Waals surface area contributed by atoms with Gasteiger partial charge in [-0.25, -0.2) is 5.10 Å². The smallest absolute Gasteiger partial charge is 0.272 e. The molecule has 0 amide bonds. The van der Waals surface area contributed by atoms with Crippen molar-refractivity contribution in [1.82, 2.24) is 20.0 Å². The molecule has 13 heavy (non-hydrogen) atoms. The van der Waals surface area contributed by atoms with Crippen molar-refractivity contribution in [2.75, 3.05) is 0 Å². The first-order chi connectivity index (χ1) is 6.27. The highest BCUT2D eigenvalue weighted by Crippen LogP contribution is 2.11. The molecule has 2 aromatic rings. The number of rotatable bonds is 1. The lowest BCUT2D eigenvalue weighted by molar-refractivity contribution is 0.768. The van der Waals surface area contributed by atoms with E-state index in [-0.39, 0.29) is 5.56 Å². The highest BCUT2D eigenvalue weighted by Gasteiger charge is 2.03. The fourth-order valence-electron chi connectivity index (χ4n) is 1.13. The van der Waals surface area contributed by atoms with Gasteiger partial charge in [-0.3, -0.25) is 9.48 Å². The number of hydrogen-bond acceptors (Lipinski definition) is 3. The van der Waals surface area contributed by atoms with Gasteiger partial charge in [-0.1, -0.05) is 0 Å². The van der Waals surface area contributed by atoms with Crippen molar-refractivity contribution in [3.8, 4) is 11.1 Å². The molecule has 2 heterocycles. The molecule has 0 fully saturated rings. The summed E-state index contributed by atoms with van der Waals surface area (Å²) in [6, 6.07) is 1.66. The van der Waals surface area contributed by atoms with E-state index >= 15 is 0 Å². The number of H-pyrrole nitrogens is 1. The third-order valence-corrected chi connectivity index (χ3v) is 1.74. The second kappa shape index (κ2) is 2.85. The Morgan fingerprint density at radius 3 is 3.00 bits per heavy atom. The van der Waals surface area contributed by atoms with Crippen molar-refractivity contribution < 1.29 is 0 Å². The molecule has 0 aliphatic heterocycles. The Bertz CT molecular complexity index is 471. The zero-order valence-electron chi connectivity index (χ0n) is 7.06. The predicted molar refractivity (Wildman–Crippen MR) is 47.1 cm³/mol. The largest absolute Gasteiger partial charge is 0.275 e. The summed E-state index contributed by atoms with van der Waals surface area (Å²) in [7, 11) is 1.80. The van der Waals surface area contributed by atoms with Gasteiger partial charge in [-0.15, -0.1) is 0 Å². The highest BCUT2D eigenvalue weighted by atomic mass is 16.1. The molecule has 0 atom stereocenters. The molecule has 0 aliphatic rings. The SMILES string of the molecule is Cn1cc(-c2ccn[nH]c2=O)cn1. The third kappa shape index (κ3) is 1.35. The van der Waals surface area contributed by atoms with E-state index in [2.05, 4.69) is 15.3 Å². The van der Waals surface area contributed by atoms with Gasteiger partial charge < -0.3 is 0 Å². The molecule has 0 aliphatic carbocycles. The van der Waals surface area contributed by atoms with Crippen LogP contribution in [0.1, 0.15) is 0 Å². The fraction of sp³-hybridized carbons (Fsp3) is 0.125. The summed E-state index contributed by atoms with van der Waals surface area (Å²) in [5.41, 5.74) is 1.18. The normalized spacial score (nSPS) is 10.2. The summed E-state index contributed by atoms with van der Waals surface area (Å²) >= 11 is 0. The third-order valence-electron chi connectivity index (χ3n) is 1.74. The van der Waals surface area contributed by atoms with Gasteiger partial charge >= 0.3 is 0 Å². The minimum Gasteiger partial charge on any atom is -0.275 e.